The van der Waals surface area contributed by atoms with Crippen molar-refractivity contribution in [3.8, 4) is 0 Å². The van der Waals surface area contributed by atoms with Gasteiger partial charge in [-0.05, 0) is 0 Å². The molecule has 0 spiro atoms. The van der Waals surface area contributed by atoms with Gasteiger partial charge in [-0.3, -0.25) is 10.1 Å². The molecule has 0 aliphatic heterocycles. The van der Waals surface area contributed by atoms with Gasteiger partial charge in [0.05, 0.1) is 17.6 Å². The van der Waals surface area contributed by atoms with Crippen LogP contribution in [0, 0.1) is 15.9 Å². The molecule has 8 nitrogen and oxygen atoms in total. The monoisotopic (exact) mass is 302 g/mol. The van der Waals surface area contributed by atoms with E-state index in [0.29, 0.717) is 6.07 Å². The van der Waals surface area contributed by atoms with Crippen molar-refractivity contribution in [1.29, 1.82) is 0 Å². The van der Waals surface area contributed by atoms with Gasteiger partial charge in [-0.25, -0.2) is 9.18 Å². The Balaban J connectivity index is 3.19. The van der Waals surface area contributed by atoms with E-state index in [9.17, 15) is 24.4 Å². The number of nitro benzene ring substituents is 1. The summed E-state index contributed by atoms with van der Waals surface area (Å²) < 4.78 is 18.4. The van der Waals surface area contributed by atoms with E-state index in [4.69, 9.17) is 9.84 Å². The number of carbonyl (C=O) groups is 1. The summed E-state index contributed by atoms with van der Waals surface area (Å²) in [6, 6.07) is 1.42. The standard InChI is InChI=1S/C12H15FN2O6/c1-14(5-7(16)6-21-2)10-4-9(13)8(12(17)18)3-11(10)15(19)20/h3-4,7,16H,5-6H2,1-2H3,(H,17,18). The molecule has 21 heavy (non-hydrogen) atoms. The number of benzene rings is 1. The zero-order chi connectivity index (χ0) is 16.2. The van der Waals surface area contributed by atoms with Gasteiger partial charge >= 0.3 is 5.97 Å². The second kappa shape index (κ2) is 6.95. The number of aliphatic hydroxyl groups is 1. The fraction of sp³-hybridized carbons (Fsp3) is 0.417. The summed E-state index contributed by atoms with van der Waals surface area (Å²) in [7, 11) is 2.80. The number of methoxy groups -OCH3 is 1. The van der Waals surface area contributed by atoms with E-state index >= 15 is 0 Å². The maximum absolute atomic E-state index is 13.7. The summed E-state index contributed by atoms with van der Waals surface area (Å²) in [4.78, 5) is 22.3. The van der Waals surface area contributed by atoms with Crippen LogP contribution in [0.2, 0.25) is 0 Å². The molecule has 0 aromatic heterocycles. The lowest BCUT2D eigenvalue weighted by atomic mass is 10.1. The third-order valence-electron chi connectivity index (χ3n) is 2.75. The minimum Gasteiger partial charge on any atom is -0.478 e. The minimum atomic E-state index is -1.59. The third-order valence-corrected chi connectivity index (χ3v) is 2.75. The summed E-state index contributed by atoms with van der Waals surface area (Å²) in [5, 5.41) is 29.4. The summed E-state index contributed by atoms with van der Waals surface area (Å²) in [6.07, 6.45) is -0.929. The first-order valence-corrected chi connectivity index (χ1v) is 5.87. The molecule has 1 rings (SSSR count). The van der Waals surface area contributed by atoms with E-state index in [1.54, 1.807) is 0 Å². The number of carboxylic acids is 1. The molecule has 1 aromatic carbocycles. The van der Waals surface area contributed by atoms with E-state index in [-0.39, 0.29) is 18.8 Å². The molecule has 0 aliphatic carbocycles. The van der Waals surface area contributed by atoms with Crippen molar-refractivity contribution >= 4 is 17.3 Å². The van der Waals surface area contributed by atoms with Crippen molar-refractivity contribution in [2.75, 3.05) is 32.2 Å². The maximum Gasteiger partial charge on any atom is 0.338 e. The Morgan fingerprint density at radius 2 is 2.19 bits per heavy atom. The van der Waals surface area contributed by atoms with Crippen LogP contribution in [0.1, 0.15) is 10.4 Å². The molecular weight excluding hydrogens is 287 g/mol. The molecule has 0 radical (unpaired) electrons. The lowest BCUT2D eigenvalue weighted by molar-refractivity contribution is -0.384. The topological polar surface area (TPSA) is 113 Å². The molecule has 0 fully saturated rings. The number of aromatic carboxylic acids is 1. The summed E-state index contributed by atoms with van der Waals surface area (Å²) in [6.45, 7) is -0.0334. The lowest BCUT2D eigenvalue weighted by Gasteiger charge is -2.22. The van der Waals surface area contributed by atoms with Crippen LogP contribution >= 0.6 is 0 Å². The molecular formula is C12H15FN2O6. The fourth-order valence-electron chi connectivity index (χ4n) is 1.83. The average molecular weight is 302 g/mol. The molecule has 0 saturated carbocycles. The van der Waals surface area contributed by atoms with Crippen LogP contribution in [0.3, 0.4) is 0 Å². The van der Waals surface area contributed by atoms with Crippen LogP contribution < -0.4 is 4.90 Å². The molecule has 0 aliphatic rings. The molecule has 0 bridgehead atoms. The predicted octanol–water partition coefficient (Wildman–Crippen LogP) is 0.876. The average Bonchev–Trinajstić information content (AvgIpc) is 2.37. The van der Waals surface area contributed by atoms with Gasteiger partial charge in [0.25, 0.3) is 5.69 Å². The number of nitro groups is 1. The van der Waals surface area contributed by atoms with Crippen LogP contribution in [0.25, 0.3) is 0 Å². The Morgan fingerprint density at radius 1 is 1.57 bits per heavy atom. The number of rotatable bonds is 7. The predicted molar refractivity (Wildman–Crippen MR) is 71.2 cm³/mol. The van der Waals surface area contributed by atoms with Gasteiger partial charge < -0.3 is 19.8 Å². The molecule has 1 aromatic rings. The fourth-order valence-corrected chi connectivity index (χ4v) is 1.83. The normalized spacial score (nSPS) is 12.0. The first kappa shape index (κ1) is 16.8. The van der Waals surface area contributed by atoms with Crippen LogP contribution in [-0.2, 0) is 4.74 Å². The van der Waals surface area contributed by atoms with Gasteiger partial charge in [0, 0.05) is 32.8 Å². The van der Waals surface area contributed by atoms with E-state index in [1.165, 1.54) is 19.1 Å². The SMILES string of the molecule is COCC(O)CN(C)c1cc(F)c(C(=O)O)cc1[N+](=O)[O-]. The van der Waals surface area contributed by atoms with Crippen LogP contribution in [0.5, 0.6) is 0 Å². The highest BCUT2D eigenvalue weighted by Crippen LogP contribution is 2.30. The smallest absolute Gasteiger partial charge is 0.338 e. The van der Waals surface area contributed by atoms with Crippen molar-refractivity contribution in [3.05, 3.63) is 33.6 Å². The molecule has 1 unspecified atom stereocenters. The highest BCUT2D eigenvalue weighted by molar-refractivity contribution is 5.90. The lowest BCUT2D eigenvalue weighted by Crippen LogP contribution is -2.32. The van der Waals surface area contributed by atoms with E-state index in [2.05, 4.69) is 0 Å². The highest BCUT2D eigenvalue weighted by Gasteiger charge is 2.24. The Hall–Kier alpha value is -2.26. The van der Waals surface area contributed by atoms with Crippen LogP contribution in [-0.4, -0.2) is 54.5 Å². The largest absolute Gasteiger partial charge is 0.478 e. The van der Waals surface area contributed by atoms with Crippen LogP contribution in [0.15, 0.2) is 12.1 Å². The molecule has 116 valence electrons. The molecule has 1 atom stereocenters. The van der Waals surface area contributed by atoms with Crippen molar-refractivity contribution in [1.82, 2.24) is 0 Å². The quantitative estimate of drug-likeness (QED) is 0.567. The van der Waals surface area contributed by atoms with Gasteiger partial charge in [0.1, 0.15) is 17.1 Å². The zero-order valence-corrected chi connectivity index (χ0v) is 11.4. The highest BCUT2D eigenvalue weighted by atomic mass is 19.1. The number of hydrogen-bond donors (Lipinski definition) is 2. The molecule has 9 heteroatoms. The number of likely N-dealkylation sites (N-methyl/N-ethyl adjacent to an activating group) is 1. The number of anilines is 1. The van der Waals surface area contributed by atoms with Crippen molar-refractivity contribution in [3.63, 3.8) is 0 Å². The zero-order valence-electron chi connectivity index (χ0n) is 11.4. The Labute approximate surface area is 119 Å². The van der Waals surface area contributed by atoms with E-state index in [0.717, 1.165) is 6.07 Å². The minimum absolute atomic E-state index is 0.00777. The van der Waals surface area contributed by atoms with Gasteiger partial charge in [-0.1, -0.05) is 0 Å². The Bertz CT molecular complexity index is 551. The van der Waals surface area contributed by atoms with Gasteiger partial charge in [-0.15, -0.1) is 0 Å². The number of hydrogen-bond acceptors (Lipinski definition) is 6. The molecule has 2 N–H and O–H groups in total. The Kier molecular flexibility index (Phi) is 5.56. The van der Waals surface area contributed by atoms with Gasteiger partial charge in [0.15, 0.2) is 0 Å². The maximum atomic E-state index is 13.7. The van der Waals surface area contributed by atoms with Crippen LogP contribution in [0.4, 0.5) is 15.8 Å². The summed E-state index contributed by atoms with van der Waals surface area (Å²) in [5.41, 5.74) is -1.46. The van der Waals surface area contributed by atoms with Gasteiger partial charge in [0.2, 0.25) is 0 Å². The molecule has 0 saturated heterocycles. The number of ether oxygens (including phenoxy) is 1. The first-order valence-electron chi connectivity index (χ1n) is 5.87. The van der Waals surface area contributed by atoms with E-state index < -0.39 is 34.1 Å². The number of halogens is 1. The van der Waals surface area contributed by atoms with Crippen molar-refractivity contribution in [2.45, 2.75) is 6.10 Å². The Morgan fingerprint density at radius 3 is 2.67 bits per heavy atom. The van der Waals surface area contributed by atoms with Crippen molar-refractivity contribution < 1.29 is 29.1 Å². The molecule has 0 heterocycles. The van der Waals surface area contributed by atoms with E-state index in [1.807, 2.05) is 0 Å². The number of carboxylic acid groups (broad SMARTS) is 1. The van der Waals surface area contributed by atoms with Crippen molar-refractivity contribution in [2.24, 2.45) is 0 Å². The molecule has 0 amide bonds. The van der Waals surface area contributed by atoms with Gasteiger partial charge in [-0.2, -0.15) is 0 Å². The number of aliphatic hydroxyl groups excluding tert-OH is 1. The second-order valence-electron chi connectivity index (χ2n) is 4.37. The second-order valence-corrected chi connectivity index (χ2v) is 4.37. The summed E-state index contributed by atoms with van der Waals surface area (Å²) in [5.74, 6) is -2.68. The number of nitrogens with zero attached hydrogens (tertiary/aromatic N) is 2. The third kappa shape index (κ3) is 4.10. The first-order chi connectivity index (χ1) is 9.77. The summed E-state index contributed by atoms with van der Waals surface area (Å²) >= 11 is 0.